The molecular formula is C15H13ClFNOS. The summed E-state index contributed by atoms with van der Waals surface area (Å²) in [4.78, 5) is 12.3. The second-order valence-corrected chi connectivity index (χ2v) is 5.68. The number of anilines is 1. The molecule has 0 saturated carbocycles. The number of carbonyl (C=O) groups is 1. The van der Waals surface area contributed by atoms with E-state index in [1.807, 2.05) is 13.0 Å². The molecule has 104 valence electrons. The number of rotatable bonds is 4. The molecule has 0 unspecified atom stereocenters. The smallest absolute Gasteiger partial charge is 0.234 e. The van der Waals surface area contributed by atoms with Crippen molar-refractivity contribution < 1.29 is 9.18 Å². The van der Waals surface area contributed by atoms with Crippen LogP contribution in [0.2, 0.25) is 5.02 Å². The number of carbonyl (C=O) groups excluding carboxylic acids is 1. The third kappa shape index (κ3) is 3.99. The lowest BCUT2D eigenvalue weighted by Gasteiger charge is -2.09. The summed E-state index contributed by atoms with van der Waals surface area (Å²) >= 11 is 7.05. The zero-order valence-corrected chi connectivity index (χ0v) is 12.4. The Morgan fingerprint density at radius 1 is 1.30 bits per heavy atom. The minimum atomic E-state index is -0.316. The van der Waals surface area contributed by atoms with Crippen LogP contribution < -0.4 is 5.32 Å². The number of thioether (sulfide) groups is 1. The van der Waals surface area contributed by atoms with E-state index in [4.69, 9.17) is 11.6 Å². The summed E-state index contributed by atoms with van der Waals surface area (Å²) in [6.45, 7) is 1.88. The molecule has 2 aromatic rings. The summed E-state index contributed by atoms with van der Waals surface area (Å²) in [6, 6.07) is 11.7. The predicted molar refractivity (Wildman–Crippen MR) is 81.9 cm³/mol. The first-order valence-electron chi connectivity index (χ1n) is 5.99. The molecule has 5 heteroatoms. The van der Waals surface area contributed by atoms with E-state index >= 15 is 0 Å². The van der Waals surface area contributed by atoms with Crippen molar-refractivity contribution in [2.75, 3.05) is 11.1 Å². The Morgan fingerprint density at radius 3 is 2.80 bits per heavy atom. The van der Waals surface area contributed by atoms with Crippen LogP contribution >= 0.6 is 23.4 Å². The van der Waals surface area contributed by atoms with Crippen molar-refractivity contribution >= 4 is 35.0 Å². The van der Waals surface area contributed by atoms with Crippen molar-refractivity contribution in [3.05, 3.63) is 58.9 Å². The maximum atomic E-state index is 13.4. The van der Waals surface area contributed by atoms with Gasteiger partial charge in [-0.1, -0.05) is 29.8 Å². The summed E-state index contributed by atoms with van der Waals surface area (Å²) in [5.74, 6) is -0.361. The minimum absolute atomic E-state index is 0.146. The molecule has 2 aromatic carbocycles. The summed E-state index contributed by atoms with van der Waals surface area (Å²) in [6.07, 6.45) is 0. The van der Waals surface area contributed by atoms with Crippen LogP contribution in [0.3, 0.4) is 0 Å². The van der Waals surface area contributed by atoms with Crippen molar-refractivity contribution in [2.24, 2.45) is 0 Å². The summed E-state index contributed by atoms with van der Waals surface area (Å²) in [7, 11) is 0. The van der Waals surface area contributed by atoms with Crippen LogP contribution in [0.5, 0.6) is 0 Å². The molecule has 0 atom stereocenters. The zero-order chi connectivity index (χ0) is 14.5. The first kappa shape index (κ1) is 14.9. The second-order valence-electron chi connectivity index (χ2n) is 4.23. The molecule has 0 spiro atoms. The molecule has 0 aromatic heterocycles. The largest absolute Gasteiger partial charge is 0.325 e. The van der Waals surface area contributed by atoms with E-state index < -0.39 is 0 Å². The molecule has 0 bridgehead atoms. The molecule has 0 fully saturated rings. The van der Waals surface area contributed by atoms with E-state index in [1.165, 1.54) is 6.07 Å². The topological polar surface area (TPSA) is 29.1 Å². The first-order chi connectivity index (χ1) is 9.56. The highest BCUT2D eigenvalue weighted by Gasteiger charge is 2.08. The van der Waals surface area contributed by atoms with Gasteiger partial charge in [-0.15, -0.1) is 11.8 Å². The molecule has 0 aliphatic rings. The maximum absolute atomic E-state index is 13.4. The van der Waals surface area contributed by atoms with E-state index in [-0.39, 0.29) is 17.5 Å². The van der Waals surface area contributed by atoms with E-state index in [0.717, 1.165) is 17.3 Å². The van der Waals surface area contributed by atoms with Gasteiger partial charge < -0.3 is 5.32 Å². The molecule has 0 saturated heterocycles. The van der Waals surface area contributed by atoms with E-state index in [1.54, 1.807) is 30.3 Å². The molecule has 0 radical (unpaired) electrons. The van der Waals surface area contributed by atoms with Gasteiger partial charge in [0.2, 0.25) is 5.91 Å². The van der Waals surface area contributed by atoms with Crippen LogP contribution in [0.15, 0.2) is 47.4 Å². The van der Waals surface area contributed by atoms with Crippen LogP contribution in [0.1, 0.15) is 5.56 Å². The number of nitrogens with one attached hydrogen (secondary N) is 1. The summed E-state index contributed by atoms with van der Waals surface area (Å²) in [5.41, 5.74) is 1.61. The van der Waals surface area contributed by atoms with Crippen molar-refractivity contribution in [1.29, 1.82) is 0 Å². The number of aryl methyl sites for hydroxylation is 1. The van der Waals surface area contributed by atoms with Gasteiger partial charge in [0, 0.05) is 15.6 Å². The molecule has 1 amide bonds. The SMILES string of the molecule is Cc1ccc(Cl)cc1NC(=O)CSc1ccccc1F. The van der Waals surface area contributed by atoms with E-state index in [0.29, 0.717) is 15.6 Å². The van der Waals surface area contributed by atoms with Gasteiger partial charge in [0.25, 0.3) is 0 Å². The van der Waals surface area contributed by atoms with Crippen molar-refractivity contribution in [2.45, 2.75) is 11.8 Å². The Labute approximate surface area is 126 Å². The van der Waals surface area contributed by atoms with Gasteiger partial charge in [0.1, 0.15) is 5.82 Å². The van der Waals surface area contributed by atoms with Gasteiger partial charge in [-0.25, -0.2) is 4.39 Å². The van der Waals surface area contributed by atoms with E-state index in [2.05, 4.69) is 5.32 Å². The lowest BCUT2D eigenvalue weighted by molar-refractivity contribution is -0.113. The Bertz CT molecular complexity index is 633. The number of amides is 1. The standard InChI is InChI=1S/C15H13ClFNOS/c1-10-6-7-11(16)8-13(10)18-15(19)9-20-14-5-3-2-4-12(14)17/h2-8H,9H2,1H3,(H,18,19). The Kier molecular flexibility index (Phi) is 5.04. The number of hydrogen-bond donors (Lipinski definition) is 1. The van der Waals surface area contributed by atoms with Crippen molar-refractivity contribution in [3.8, 4) is 0 Å². The van der Waals surface area contributed by atoms with Gasteiger partial charge in [-0.3, -0.25) is 4.79 Å². The molecule has 0 heterocycles. The minimum Gasteiger partial charge on any atom is -0.325 e. The Hall–Kier alpha value is -1.52. The maximum Gasteiger partial charge on any atom is 0.234 e. The Morgan fingerprint density at radius 2 is 2.05 bits per heavy atom. The summed E-state index contributed by atoms with van der Waals surface area (Å²) < 4.78 is 13.4. The lowest BCUT2D eigenvalue weighted by Crippen LogP contribution is -2.14. The summed E-state index contributed by atoms with van der Waals surface area (Å²) in [5, 5.41) is 3.34. The zero-order valence-electron chi connectivity index (χ0n) is 10.8. The Balaban J connectivity index is 1.96. The number of hydrogen-bond acceptors (Lipinski definition) is 2. The fourth-order valence-electron chi connectivity index (χ4n) is 1.62. The third-order valence-corrected chi connectivity index (χ3v) is 3.95. The fourth-order valence-corrected chi connectivity index (χ4v) is 2.53. The average molecular weight is 310 g/mol. The highest BCUT2D eigenvalue weighted by atomic mass is 35.5. The van der Waals surface area contributed by atoms with Crippen LogP contribution in [0.25, 0.3) is 0 Å². The molecule has 1 N–H and O–H groups in total. The fraction of sp³-hybridized carbons (Fsp3) is 0.133. The average Bonchev–Trinajstić information content (AvgIpc) is 2.42. The molecule has 0 aliphatic carbocycles. The monoisotopic (exact) mass is 309 g/mol. The number of halogens is 2. The molecule has 0 aliphatic heterocycles. The van der Waals surface area contributed by atoms with Crippen molar-refractivity contribution in [3.63, 3.8) is 0 Å². The lowest BCUT2D eigenvalue weighted by atomic mass is 10.2. The molecule has 20 heavy (non-hydrogen) atoms. The van der Waals surface area contributed by atoms with Gasteiger partial charge in [0.05, 0.1) is 5.75 Å². The quantitative estimate of drug-likeness (QED) is 0.841. The van der Waals surface area contributed by atoms with Crippen LogP contribution in [-0.2, 0) is 4.79 Å². The molecular weight excluding hydrogens is 297 g/mol. The van der Waals surface area contributed by atoms with Gasteiger partial charge >= 0.3 is 0 Å². The molecule has 2 nitrogen and oxygen atoms in total. The van der Waals surface area contributed by atoms with Crippen LogP contribution in [0.4, 0.5) is 10.1 Å². The highest BCUT2D eigenvalue weighted by molar-refractivity contribution is 8.00. The van der Waals surface area contributed by atoms with Crippen molar-refractivity contribution in [1.82, 2.24) is 0 Å². The number of benzene rings is 2. The van der Waals surface area contributed by atoms with E-state index in [9.17, 15) is 9.18 Å². The van der Waals surface area contributed by atoms with Gasteiger partial charge in [0.15, 0.2) is 0 Å². The first-order valence-corrected chi connectivity index (χ1v) is 7.36. The molecule has 2 rings (SSSR count). The van der Waals surface area contributed by atoms with Gasteiger partial charge in [-0.05, 0) is 36.8 Å². The second kappa shape index (κ2) is 6.77. The normalized spacial score (nSPS) is 10.3. The third-order valence-electron chi connectivity index (χ3n) is 2.67. The van der Waals surface area contributed by atoms with Crippen LogP contribution in [0, 0.1) is 12.7 Å². The predicted octanol–water partition coefficient (Wildman–Crippen LogP) is 4.52. The van der Waals surface area contributed by atoms with Gasteiger partial charge in [-0.2, -0.15) is 0 Å². The highest BCUT2D eigenvalue weighted by Crippen LogP contribution is 2.23. The van der Waals surface area contributed by atoms with Crippen LogP contribution in [-0.4, -0.2) is 11.7 Å².